The second kappa shape index (κ2) is 4.41. The van der Waals surface area contributed by atoms with E-state index in [9.17, 15) is 4.79 Å². The molecule has 90 valence electrons. The second-order valence-electron chi connectivity index (χ2n) is 4.81. The molecular weight excluding hydrogens is 220 g/mol. The third kappa shape index (κ3) is 1.76. The van der Waals surface area contributed by atoms with Crippen molar-refractivity contribution in [3.63, 3.8) is 0 Å². The fraction of sp³-hybridized carbons (Fsp3) is 0.235. The van der Waals surface area contributed by atoms with Gasteiger partial charge < -0.3 is 0 Å². The minimum absolute atomic E-state index is 0.233. The molecule has 3 rings (SSSR count). The molecule has 1 aliphatic rings. The van der Waals surface area contributed by atoms with Gasteiger partial charge >= 0.3 is 0 Å². The molecule has 1 nitrogen and oxygen atoms in total. The highest BCUT2D eigenvalue weighted by Crippen LogP contribution is 2.33. The van der Waals surface area contributed by atoms with Crippen LogP contribution in [0.15, 0.2) is 42.5 Å². The van der Waals surface area contributed by atoms with Crippen molar-refractivity contribution in [2.24, 2.45) is 0 Å². The Kier molecular flexibility index (Phi) is 2.75. The van der Waals surface area contributed by atoms with Gasteiger partial charge in [-0.2, -0.15) is 0 Å². The maximum atomic E-state index is 11.7. The Labute approximate surface area is 107 Å². The fourth-order valence-corrected chi connectivity index (χ4v) is 2.71. The number of carbonyl (C=O) groups is 1. The van der Waals surface area contributed by atoms with Crippen LogP contribution in [-0.4, -0.2) is 5.78 Å². The lowest BCUT2D eigenvalue weighted by molar-refractivity contribution is 0.0988. The molecule has 0 saturated heterocycles. The normalized spacial score (nSPS) is 12.7. The number of hydrogen-bond donors (Lipinski definition) is 0. The summed E-state index contributed by atoms with van der Waals surface area (Å²) in [5.41, 5.74) is 6.21. The van der Waals surface area contributed by atoms with Crippen LogP contribution in [0, 0.1) is 0 Å². The number of aryl methyl sites for hydroxylation is 2. The van der Waals surface area contributed by atoms with Gasteiger partial charge in [0, 0.05) is 12.0 Å². The summed E-state index contributed by atoms with van der Waals surface area (Å²) >= 11 is 0. The van der Waals surface area contributed by atoms with E-state index < -0.39 is 0 Å². The van der Waals surface area contributed by atoms with Crippen LogP contribution in [0.25, 0.3) is 11.1 Å². The Bertz CT molecular complexity index is 611. The summed E-state index contributed by atoms with van der Waals surface area (Å²) in [6.45, 7) is 1.91. The molecule has 0 amide bonds. The maximum absolute atomic E-state index is 11.7. The molecule has 0 N–H and O–H groups in total. The van der Waals surface area contributed by atoms with Crippen molar-refractivity contribution in [1.82, 2.24) is 0 Å². The van der Waals surface area contributed by atoms with Gasteiger partial charge in [-0.15, -0.1) is 0 Å². The summed E-state index contributed by atoms with van der Waals surface area (Å²) in [4.78, 5) is 11.7. The Morgan fingerprint density at radius 1 is 1.00 bits per heavy atom. The van der Waals surface area contributed by atoms with Crippen molar-refractivity contribution in [3.8, 4) is 11.1 Å². The van der Waals surface area contributed by atoms with Crippen molar-refractivity contribution in [3.05, 3.63) is 59.2 Å². The van der Waals surface area contributed by atoms with Crippen LogP contribution in [-0.2, 0) is 12.8 Å². The van der Waals surface area contributed by atoms with Crippen molar-refractivity contribution in [2.45, 2.75) is 26.2 Å². The van der Waals surface area contributed by atoms with Gasteiger partial charge in [-0.05, 0) is 41.2 Å². The molecule has 0 bridgehead atoms. The third-order valence-electron chi connectivity index (χ3n) is 3.72. The van der Waals surface area contributed by atoms with Gasteiger partial charge in [0.2, 0.25) is 0 Å². The number of benzene rings is 2. The second-order valence-corrected chi connectivity index (χ2v) is 4.81. The summed E-state index contributed by atoms with van der Waals surface area (Å²) in [6.07, 6.45) is 2.69. The maximum Gasteiger partial charge on any atom is 0.162 e. The van der Waals surface area contributed by atoms with E-state index in [4.69, 9.17) is 0 Å². The molecular formula is C17H16O. The first-order valence-corrected chi connectivity index (χ1v) is 6.54. The molecule has 2 aromatic carbocycles. The number of ketones is 1. The van der Waals surface area contributed by atoms with E-state index in [0.29, 0.717) is 6.42 Å². The van der Waals surface area contributed by atoms with Gasteiger partial charge in [-0.3, -0.25) is 4.79 Å². The van der Waals surface area contributed by atoms with Crippen molar-refractivity contribution >= 4 is 5.78 Å². The predicted molar refractivity (Wildman–Crippen MR) is 73.9 cm³/mol. The summed E-state index contributed by atoms with van der Waals surface area (Å²) in [5, 5.41) is 0. The smallest absolute Gasteiger partial charge is 0.162 e. The van der Waals surface area contributed by atoms with E-state index in [1.807, 2.05) is 13.0 Å². The van der Waals surface area contributed by atoms with Crippen LogP contribution >= 0.6 is 0 Å². The topological polar surface area (TPSA) is 17.1 Å². The average molecular weight is 236 g/mol. The highest BCUT2D eigenvalue weighted by molar-refractivity contribution is 5.96. The number of rotatable bonds is 2. The van der Waals surface area contributed by atoms with Gasteiger partial charge in [0.1, 0.15) is 0 Å². The number of carbonyl (C=O) groups excluding carboxylic acids is 1. The highest BCUT2D eigenvalue weighted by atomic mass is 16.1. The van der Waals surface area contributed by atoms with Crippen molar-refractivity contribution < 1.29 is 4.79 Å². The number of Topliss-reactive ketones (excluding diaryl/α,β-unsaturated/α-hetero) is 1. The van der Waals surface area contributed by atoms with E-state index >= 15 is 0 Å². The Hall–Kier alpha value is -1.89. The zero-order chi connectivity index (χ0) is 12.5. The highest BCUT2D eigenvalue weighted by Gasteiger charge is 2.16. The van der Waals surface area contributed by atoms with Crippen molar-refractivity contribution in [2.75, 3.05) is 0 Å². The van der Waals surface area contributed by atoms with E-state index in [1.54, 1.807) is 0 Å². The van der Waals surface area contributed by atoms with Gasteiger partial charge in [-0.1, -0.05) is 43.3 Å². The molecule has 0 fully saturated rings. The van der Waals surface area contributed by atoms with Crippen LogP contribution in [0.5, 0.6) is 0 Å². The molecule has 0 radical (unpaired) electrons. The molecule has 0 atom stereocenters. The molecule has 0 heterocycles. The lowest BCUT2D eigenvalue weighted by atomic mass is 9.84. The minimum Gasteiger partial charge on any atom is -0.294 e. The van der Waals surface area contributed by atoms with Gasteiger partial charge in [0.15, 0.2) is 5.78 Å². The van der Waals surface area contributed by atoms with Crippen LogP contribution in [0.1, 0.15) is 34.8 Å². The SMILES string of the molecule is CCC(=O)c1ccc2c(c1)CCc1ccccc1-2. The molecule has 0 unspecified atom stereocenters. The molecule has 2 aromatic rings. The molecule has 0 spiro atoms. The monoisotopic (exact) mass is 236 g/mol. The first-order valence-electron chi connectivity index (χ1n) is 6.54. The molecule has 1 heteroatoms. The fourth-order valence-electron chi connectivity index (χ4n) is 2.71. The van der Waals surface area contributed by atoms with E-state index in [1.165, 1.54) is 22.3 Å². The van der Waals surface area contributed by atoms with E-state index in [2.05, 4.69) is 36.4 Å². The number of hydrogen-bond acceptors (Lipinski definition) is 1. The first kappa shape index (κ1) is 11.2. The van der Waals surface area contributed by atoms with E-state index in [0.717, 1.165) is 18.4 Å². The lowest BCUT2D eigenvalue weighted by Crippen LogP contribution is -2.06. The van der Waals surface area contributed by atoms with Crippen LogP contribution < -0.4 is 0 Å². The average Bonchev–Trinajstić information content (AvgIpc) is 2.45. The number of fused-ring (bicyclic) bond motifs is 3. The minimum atomic E-state index is 0.233. The first-order chi connectivity index (χ1) is 8.79. The molecule has 18 heavy (non-hydrogen) atoms. The van der Waals surface area contributed by atoms with E-state index in [-0.39, 0.29) is 5.78 Å². The van der Waals surface area contributed by atoms with Gasteiger partial charge in [0.05, 0.1) is 0 Å². The molecule has 0 aromatic heterocycles. The third-order valence-corrected chi connectivity index (χ3v) is 3.72. The van der Waals surface area contributed by atoms with Crippen molar-refractivity contribution in [1.29, 1.82) is 0 Å². The predicted octanol–water partition coefficient (Wildman–Crippen LogP) is 4.04. The molecule has 0 aliphatic heterocycles. The molecule has 0 saturated carbocycles. The van der Waals surface area contributed by atoms with Crippen LogP contribution in [0.3, 0.4) is 0 Å². The van der Waals surface area contributed by atoms with Crippen LogP contribution in [0.2, 0.25) is 0 Å². The zero-order valence-corrected chi connectivity index (χ0v) is 10.6. The summed E-state index contributed by atoms with van der Waals surface area (Å²) in [7, 11) is 0. The van der Waals surface area contributed by atoms with Gasteiger partial charge in [0.25, 0.3) is 0 Å². The Morgan fingerprint density at radius 3 is 2.56 bits per heavy atom. The summed E-state index contributed by atoms with van der Waals surface area (Å²) < 4.78 is 0. The van der Waals surface area contributed by atoms with Crippen LogP contribution in [0.4, 0.5) is 0 Å². The quantitative estimate of drug-likeness (QED) is 0.719. The lowest BCUT2D eigenvalue weighted by Gasteiger charge is -2.20. The Balaban J connectivity index is 2.11. The largest absolute Gasteiger partial charge is 0.294 e. The zero-order valence-electron chi connectivity index (χ0n) is 10.6. The summed E-state index contributed by atoms with van der Waals surface area (Å²) in [5.74, 6) is 0.233. The summed E-state index contributed by atoms with van der Waals surface area (Å²) in [6, 6.07) is 14.7. The standard InChI is InChI=1S/C17H16O/c1-2-17(18)14-9-10-16-13(11-14)8-7-12-5-3-4-6-15(12)16/h3-6,9-11H,2,7-8H2,1H3. The Morgan fingerprint density at radius 2 is 1.72 bits per heavy atom. The molecule has 1 aliphatic carbocycles. The van der Waals surface area contributed by atoms with Gasteiger partial charge in [-0.25, -0.2) is 0 Å².